The molecule has 0 amide bonds. The maximum Gasteiger partial charge on any atom is 0.251 e. The van der Waals surface area contributed by atoms with E-state index in [0.717, 1.165) is 16.5 Å². The molecular weight excluding hydrogens is 360 g/mol. The number of aromatic amines is 1. The number of H-pyrrole nitrogens is 1. The first kappa shape index (κ1) is 19.3. The standard InChI is InChI=1S/C21H24N2O3S/c1-21(2,3)17-8-10-18(11-9-17)27(25,26)22-13-12-16-14-15-6-4-5-7-19(15)23-20(16)24/h4-11,14,22H,12-13H2,1-3H3,(H,23,24). The van der Waals surface area contributed by atoms with Gasteiger partial charge in [0, 0.05) is 17.6 Å². The summed E-state index contributed by atoms with van der Waals surface area (Å²) < 4.78 is 27.5. The van der Waals surface area contributed by atoms with Crippen LogP contribution >= 0.6 is 0 Å². The third-order valence-corrected chi connectivity index (χ3v) is 6.02. The molecular formula is C21H24N2O3S. The minimum absolute atomic E-state index is 0.0349. The second kappa shape index (κ2) is 7.29. The van der Waals surface area contributed by atoms with Crippen molar-refractivity contribution in [3.05, 3.63) is 76.1 Å². The minimum atomic E-state index is -3.61. The van der Waals surface area contributed by atoms with Crippen LogP contribution < -0.4 is 10.3 Å². The third-order valence-electron chi connectivity index (χ3n) is 4.55. The Hall–Kier alpha value is -2.44. The van der Waals surface area contributed by atoms with E-state index < -0.39 is 10.0 Å². The maximum absolute atomic E-state index is 12.5. The highest BCUT2D eigenvalue weighted by molar-refractivity contribution is 7.89. The van der Waals surface area contributed by atoms with E-state index in [-0.39, 0.29) is 22.4 Å². The molecule has 0 aliphatic heterocycles. The lowest BCUT2D eigenvalue weighted by atomic mass is 9.87. The fourth-order valence-electron chi connectivity index (χ4n) is 2.92. The highest BCUT2D eigenvalue weighted by Crippen LogP contribution is 2.23. The van der Waals surface area contributed by atoms with Gasteiger partial charge in [0.05, 0.1) is 4.90 Å². The van der Waals surface area contributed by atoms with Crippen LogP contribution in [-0.4, -0.2) is 19.9 Å². The second-order valence-electron chi connectivity index (χ2n) is 7.63. The van der Waals surface area contributed by atoms with Crippen molar-refractivity contribution in [3.8, 4) is 0 Å². The van der Waals surface area contributed by atoms with Crippen molar-refractivity contribution < 1.29 is 8.42 Å². The first-order valence-electron chi connectivity index (χ1n) is 8.88. The molecule has 2 N–H and O–H groups in total. The number of pyridine rings is 1. The summed E-state index contributed by atoms with van der Waals surface area (Å²) in [6.07, 6.45) is 0.319. The van der Waals surface area contributed by atoms with Crippen molar-refractivity contribution in [2.24, 2.45) is 0 Å². The van der Waals surface area contributed by atoms with E-state index in [0.29, 0.717) is 12.0 Å². The lowest BCUT2D eigenvalue weighted by molar-refractivity contribution is 0.578. The quantitative estimate of drug-likeness (QED) is 0.708. The molecule has 0 radical (unpaired) electrons. The highest BCUT2D eigenvalue weighted by atomic mass is 32.2. The van der Waals surface area contributed by atoms with Gasteiger partial charge in [-0.15, -0.1) is 0 Å². The fourth-order valence-corrected chi connectivity index (χ4v) is 3.95. The molecule has 2 aromatic carbocycles. The zero-order valence-corrected chi connectivity index (χ0v) is 16.6. The van der Waals surface area contributed by atoms with Gasteiger partial charge in [0.1, 0.15) is 0 Å². The number of aromatic nitrogens is 1. The number of para-hydroxylation sites is 1. The van der Waals surface area contributed by atoms with Gasteiger partial charge in [-0.3, -0.25) is 4.79 Å². The van der Waals surface area contributed by atoms with Crippen LogP contribution in [0.2, 0.25) is 0 Å². The molecule has 0 atom stereocenters. The van der Waals surface area contributed by atoms with Gasteiger partial charge in [-0.05, 0) is 47.1 Å². The lowest BCUT2D eigenvalue weighted by Crippen LogP contribution is -2.27. The van der Waals surface area contributed by atoms with Crippen LogP contribution in [0.25, 0.3) is 10.9 Å². The molecule has 1 aromatic heterocycles. The molecule has 3 aromatic rings. The van der Waals surface area contributed by atoms with E-state index in [9.17, 15) is 13.2 Å². The average molecular weight is 385 g/mol. The number of nitrogens with one attached hydrogen (secondary N) is 2. The molecule has 142 valence electrons. The van der Waals surface area contributed by atoms with Gasteiger partial charge < -0.3 is 4.98 Å². The van der Waals surface area contributed by atoms with E-state index >= 15 is 0 Å². The molecule has 27 heavy (non-hydrogen) atoms. The molecule has 6 heteroatoms. The molecule has 3 rings (SSSR count). The summed E-state index contributed by atoms with van der Waals surface area (Å²) in [6, 6.07) is 16.2. The maximum atomic E-state index is 12.5. The van der Waals surface area contributed by atoms with Crippen molar-refractivity contribution >= 4 is 20.9 Å². The first-order valence-corrected chi connectivity index (χ1v) is 10.4. The molecule has 0 unspecified atom stereocenters. The molecule has 5 nitrogen and oxygen atoms in total. The normalized spacial score (nSPS) is 12.4. The Labute approximate surface area is 159 Å². The Morgan fingerprint density at radius 1 is 1.00 bits per heavy atom. The van der Waals surface area contributed by atoms with Gasteiger partial charge in [-0.25, -0.2) is 13.1 Å². The Morgan fingerprint density at radius 3 is 2.33 bits per heavy atom. The number of sulfonamides is 1. The van der Waals surface area contributed by atoms with Gasteiger partial charge >= 0.3 is 0 Å². The Balaban J connectivity index is 1.71. The van der Waals surface area contributed by atoms with E-state index in [1.807, 2.05) is 36.4 Å². The zero-order valence-electron chi connectivity index (χ0n) is 15.7. The molecule has 0 saturated heterocycles. The topological polar surface area (TPSA) is 79.0 Å². The molecule has 0 aliphatic carbocycles. The number of rotatable bonds is 5. The Bertz CT molecular complexity index is 1110. The van der Waals surface area contributed by atoms with Gasteiger partial charge in [-0.2, -0.15) is 0 Å². The Morgan fingerprint density at radius 2 is 1.67 bits per heavy atom. The molecule has 0 fully saturated rings. The van der Waals surface area contributed by atoms with Crippen LogP contribution in [-0.2, 0) is 21.9 Å². The van der Waals surface area contributed by atoms with Gasteiger partial charge in [-0.1, -0.05) is 51.1 Å². The Kier molecular flexibility index (Phi) is 5.22. The fraction of sp³-hybridized carbons (Fsp3) is 0.286. The summed E-state index contributed by atoms with van der Waals surface area (Å²) in [6.45, 7) is 6.40. The number of fused-ring (bicyclic) bond motifs is 1. The largest absolute Gasteiger partial charge is 0.322 e. The van der Waals surface area contributed by atoms with E-state index in [4.69, 9.17) is 0 Å². The molecule has 0 spiro atoms. The molecule has 0 saturated carbocycles. The van der Waals surface area contributed by atoms with Crippen LogP contribution in [0.15, 0.2) is 64.3 Å². The van der Waals surface area contributed by atoms with Crippen LogP contribution in [0.4, 0.5) is 0 Å². The molecule has 0 aliphatic rings. The monoisotopic (exact) mass is 384 g/mol. The predicted octanol–water partition coefficient (Wildman–Crippen LogP) is 3.35. The first-order chi connectivity index (χ1) is 12.7. The second-order valence-corrected chi connectivity index (χ2v) is 9.40. The summed E-state index contributed by atoms with van der Waals surface area (Å²) in [5.41, 5.74) is 2.17. The van der Waals surface area contributed by atoms with E-state index in [1.54, 1.807) is 18.2 Å². The van der Waals surface area contributed by atoms with E-state index in [1.165, 1.54) is 0 Å². The number of hydrogen-bond donors (Lipinski definition) is 2. The van der Waals surface area contributed by atoms with Crippen LogP contribution in [0, 0.1) is 0 Å². The van der Waals surface area contributed by atoms with Gasteiger partial charge in [0.2, 0.25) is 10.0 Å². The SMILES string of the molecule is CC(C)(C)c1ccc(S(=O)(=O)NCCc2cc3ccccc3[nH]c2=O)cc1. The van der Waals surface area contributed by atoms with Crippen molar-refractivity contribution in [1.29, 1.82) is 0 Å². The minimum Gasteiger partial charge on any atom is -0.322 e. The van der Waals surface area contributed by atoms with E-state index in [2.05, 4.69) is 30.5 Å². The smallest absolute Gasteiger partial charge is 0.251 e. The predicted molar refractivity (Wildman–Crippen MR) is 109 cm³/mol. The van der Waals surface area contributed by atoms with Crippen molar-refractivity contribution in [1.82, 2.24) is 9.71 Å². The average Bonchev–Trinajstić information content (AvgIpc) is 2.61. The zero-order chi connectivity index (χ0) is 19.7. The van der Waals surface area contributed by atoms with Gasteiger partial charge in [0.15, 0.2) is 0 Å². The van der Waals surface area contributed by atoms with Crippen LogP contribution in [0.5, 0.6) is 0 Å². The summed E-state index contributed by atoms with van der Waals surface area (Å²) in [7, 11) is -3.61. The number of benzene rings is 2. The molecule has 0 bridgehead atoms. The lowest BCUT2D eigenvalue weighted by Gasteiger charge is -2.19. The van der Waals surface area contributed by atoms with Crippen LogP contribution in [0.1, 0.15) is 31.9 Å². The third kappa shape index (κ3) is 4.46. The van der Waals surface area contributed by atoms with Crippen molar-refractivity contribution in [3.63, 3.8) is 0 Å². The van der Waals surface area contributed by atoms with Crippen molar-refractivity contribution in [2.45, 2.75) is 37.5 Å². The highest BCUT2D eigenvalue weighted by Gasteiger charge is 2.17. The van der Waals surface area contributed by atoms with Crippen LogP contribution in [0.3, 0.4) is 0 Å². The number of hydrogen-bond acceptors (Lipinski definition) is 3. The summed E-state index contributed by atoms with van der Waals surface area (Å²) in [5, 5.41) is 0.924. The summed E-state index contributed by atoms with van der Waals surface area (Å²) in [5.74, 6) is 0. The van der Waals surface area contributed by atoms with Crippen molar-refractivity contribution in [2.75, 3.05) is 6.54 Å². The summed E-state index contributed by atoms with van der Waals surface area (Å²) >= 11 is 0. The summed E-state index contributed by atoms with van der Waals surface area (Å²) in [4.78, 5) is 15.2. The van der Waals surface area contributed by atoms with Gasteiger partial charge in [0.25, 0.3) is 5.56 Å². The molecule has 1 heterocycles.